The number of ether oxygens (including phenoxy) is 2. The van der Waals surface area contributed by atoms with E-state index in [0.29, 0.717) is 5.92 Å². The first kappa shape index (κ1) is 17.4. The summed E-state index contributed by atoms with van der Waals surface area (Å²) in [6.45, 7) is 9.38. The molecule has 0 aromatic carbocycles. The maximum Gasteiger partial charge on any atom is 0.254 e. The molecule has 0 bridgehead atoms. The molecule has 3 aliphatic rings. The highest BCUT2D eigenvalue weighted by Gasteiger charge is 2.50. The zero-order valence-electron chi connectivity index (χ0n) is 15.7. The van der Waals surface area contributed by atoms with E-state index in [9.17, 15) is 4.79 Å². The Labute approximate surface area is 145 Å². The summed E-state index contributed by atoms with van der Waals surface area (Å²) >= 11 is 0. The van der Waals surface area contributed by atoms with Crippen LogP contribution < -0.4 is 0 Å². The van der Waals surface area contributed by atoms with Gasteiger partial charge in [-0.05, 0) is 49.0 Å². The zero-order chi connectivity index (χ0) is 17.6. The second-order valence-electron chi connectivity index (χ2n) is 7.54. The van der Waals surface area contributed by atoms with E-state index in [1.54, 1.807) is 12.0 Å². The van der Waals surface area contributed by atoms with Crippen LogP contribution in [0.3, 0.4) is 0 Å². The molecule has 2 aliphatic carbocycles. The molecule has 0 saturated heterocycles. The fraction of sp³-hybridized carbons (Fsp3) is 0.650. The second-order valence-corrected chi connectivity index (χ2v) is 7.54. The lowest BCUT2D eigenvalue weighted by Gasteiger charge is -2.49. The van der Waals surface area contributed by atoms with Crippen LogP contribution >= 0.6 is 0 Å². The second kappa shape index (κ2) is 6.16. The lowest BCUT2D eigenvalue weighted by atomic mass is 9.59. The van der Waals surface area contributed by atoms with Crippen molar-refractivity contribution in [3.05, 3.63) is 34.6 Å². The first-order valence-corrected chi connectivity index (χ1v) is 8.91. The molecule has 132 valence electrons. The van der Waals surface area contributed by atoms with Gasteiger partial charge in [0.2, 0.25) is 0 Å². The van der Waals surface area contributed by atoms with Gasteiger partial charge in [0, 0.05) is 37.4 Å². The number of carbonyl (C=O) groups is 1. The molecule has 3 rings (SSSR count). The summed E-state index contributed by atoms with van der Waals surface area (Å²) in [4.78, 5) is 14.1. The molecule has 0 saturated carbocycles. The van der Waals surface area contributed by atoms with Crippen molar-refractivity contribution in [2.24, 2.45) is 11.3 Å². The summed E-state index contributed by atoms with van der Waals surface area (Å²) in [5, 5.41) is 0. The molecular formula is C20H29NO3. The molecule has 0 N–H and O–H groups in total. The van der Waals surface area contributed by atoms with E-state index in [1.807, 2.05) is 14.0 Å². The molecule has 4 nitrogen and oxygen atoms in total. The smallest absolute Gasteiger partial charge is 0.254 e. The number of likely N-dealkylation sites (N-methyl/N-ethyl adjacent to an activating group) is 1. The Bertz CT molecular complexity index is 645. The van der Waals surface area contributed by atoms with Crippen LogP contribution in [0.15, 0.2) is 34.6 Å². The van der Waals surface area contributed by atoms with Crippen molar-refractivity contribution in [3.8, 4) is 0 Å². The Hall–Kier alpha value is -1.39. The first-order chi connectivity index (χ1) is 11.3. The summed E-state index contributed by atoms with van der Waals surface area (Å²) in [7, 11) is 3.61. The van der Waals surface area contributed by atoms with E-state index in [4.69, 9.17) is 9.47 Å². The van der Waals surface area contributed by atoms with E-state index in [-0.39, 0.29) is 23.5 Å². The summed E-state index contributed by atoms with van der Waals surface area (Å²) in [5.74, 6) is 0.432. The van der Waals surface area contributed by atoms with Gasteiger partial charge >= 0.3 is 0 Å². The molecule has 1 heterocycles. The van der Waals surface area contributed by atoms with E-state index in [1.165, 1.54) is 11.1 Å². The molecule has 1 aliphatic heterocycles. The highest BCUT2D eigenvalue weighted by atomic mass is 16.5. The third-order valence-electron chi connectivity index (χ3n) is 6.20. The van der Waals surface area contributed by atoms with Gasteiger partial charge in [-0.2, -0.15) is 0 Å². The fourth-order valence-corrected chi connectivity index (χ4v) is 4.35. The lowest BCUT2D eigenvalue weighted by molar-refractivity contribution is -0.123. The highest BCUT2D eigenvalue weighted by Crippen LogP contribution is 2.54. The van der Waals surface area contributed by atoms with Crippen molar-refractivity contribution in [2.45, 2.75) is 52.7 Å². The summed E-state index contributed by atoms with van der Waals surface area (Å²) < 4.78 is 11.9. The zero-order valence-corrected chi connectivity index (χ0v) is 15.7. The van der Waals surface area contributed by atoms with Gasteiger partial charge in [0.1, 0.15) is 6.10 Å². The average Bonchev–Trinajstić information content (AvgIpc) is 2.77. The molecular weight excluding hydrogens is 302 g/mol. The normalized spacial score (nSPS) is 35.7. The van der Waals surface area contributed by atoms with Gasteiger partial charge in [-0.1, -0.05) is 20.8 Å². The quantitative estimate of drug-likeness (QED) is 0.792. The van der Waals surface area contributed by atoms with Gasteiger partial charge in [-0.25, -0.2) is 0 Å². The number of allylic oxidation sites excluding steroid dienone is 3. The Morgan fingerprint density at radius 3 is 2.75 bits per heavy atom. The topological polar surface area (TPSA) is 38.8 Å². The van der Waals surface area contributed by atoms with Crippen LogP contribution in [0.4, 0.5) is 0 Å². The molecule has 1 amide bonds. The van der Waals surface area contributed by atoms with Crippen molar-refractivity contribution in [2.75, 3.05) is 20.8 Å². The minimum atomic E-state index is -0.0412. The summed E-state index contributed by atoms with van der Waals surface area (Å²) in [5.41, 5.74) is 4.37. The Kier molecular flexibility index (Phi) is 4.47. The number of nitrogens with zero attached hydrogens (tertiary/aromatic N) is 1. The van der Waals surface area contributed by atoms with Crippen molar-refractivity contribution < 1.29 is 14.3 Å². The standard InChI is InChI=1S/C20H29NO3/c1-7-8-24-18-13(3)20(4)11-15-12(2)19(22)21(5)16(15)9-14(20)10-17(18)23-6/h9-10,13,17-18H,7-8,11H2,1-6H3/t13-,17+,18+,20+/m0/s1. The van der Waals surface area contributed by atoms with E-state index >= 15 is 0 Å². The van der Waals surface area contributed by atoms with Crippen LogP contribution in [0.25, 0.3) is 0 Å². The molecule has 0 radical (unpaired) electrons. The summed E-state index contributed by atoms with van der Waals surface area (Å²) in [6.07, 6.45) is 6.29. The molecule has 4 atom stereocenters. The number of methoxy groups -OCH3 is 1. The average molecular weight is 331 g/mol. The van der Waals surface area contributed by atoms with Crippen LogP contribution in [0, 0.1) is 11.3 Å². The van der Waals surface area contributed by atoms with Crippen molar-refractivity contribution in [1.82, 2.24) is 4.90 Å². The molecule has 24 heavy (non-hydrogen) atoms. The minimum Gasteiger partial charge on any atom is -0.375 e. The van der Waals surface area contributed by atoms with Crippen molar-refractivity contribution >= 4 is 5.91 Å². The predicted molar refractivity (Wildman–Crippen MR) is 94.4 cm³/mol. The maximum atomic E-state index is 12.3. The Morgan fingerprint density at radius 2 is 2.12 bits per heavy atom. The largest absolute Gasteiger partial charge is 0.375 e. The first-order valence-electron chi connectivity index (χ1n) is 8.91. The van der Waals surface area contributed by atoms with Crippen LogP contribution in [-0.4, -0.2) is 43.8 Å². The Balaban J connectivity index is 2.06. The number of fused-ring (bicyclic) bond motifs is 2. The fourth-order valence-electron chi connectivity index (χ4n) is 4.35. The molecule has 0 unspecified atom stereocenters. The van der Waals surface area contributed by atoms with Gasteiger partial charge < -0.3 is 14.4 Å². The number of hydrogen-bond acceptors (Lipinski definition) is 3. The molecule has 0 fully saturated rings. The predicted octanol–water partition coefficient (Wildman–Crippen LogP) is 3.46. The van der Waals surface area contributed by atoms with Crippen LogP contribution in [0.5, 0.6) is 0 Å². The molecule has 0 aromatic heterocycles. The highest BCUT2D eigenvalue weighted by molar-refractivity contribution is 6.00. The number of rotatable bonds is 4. The van der Waals surface area contributed by atoms with E-state index in [0.717, 1.165) is 30.7 Å². The molecule has 0 spiro atoms. The number of carbonyl (C=O) groups excluding carboxylic acids is 1. The minimum absolute atomic E-state index is 0.0288. The monoisotopic (exact) mass is 331 g/mol. The number of amides is 1. The Morgan fingerprint density at radius 1 is 1.42 bits per heavy atom. The summed E-state index contributed by atoms with van der Waals surface area (Å²) in [6, 6.07) is 0. The van der Waals surface area contributed by atoms with Crippen LogP contribution in [0.1, 0.15) is 40.5 Å². The maximum absolute atomic E-state index is 12.3. The van der Waals surface area contributed by atoms with Crippen LogP contribution in [-0.2, 0) is 14.3 Å². The molecule has 0 aromatic rings. The third kappa shape index (κ3) is 2.39. The van der Waals surface area contributed by atoms with Gasteiger partial charge in [-0.15, -0.1) is 0 Å². The number of hydrogen-bond donors (Lipinski definition) is 0. The third-order valence-corrected chi connectivity index (χ3v) is 6.20. The van der Waals surface area contributed by atoms with Crippen LogP contribution in [0.2, 0.25) is 0 Å². The van der Waals surface area contributed by atoms with Crippen molar-refractivity contribution in [1.29, 1.82) is 0 Å². The van der Waals surface area contributed by atoms with E-state index < -0.39 is 0 Å². The molecule has 4 heteroatoms. The van der Waals surface area contributed by atoms with Gasteiger partial charge in [0.25, 0.3) is 5.91 Å². The van der Waals surface area contributed by atoms with Gasteiger partial charge in [0.05, 0.1) is 6.10 Å². The van der Waals surface area contributed by atoms with Crippen molar-refractivity contribution in [3.63, 3.8) is 0 Å². The SMILES string of the molecule is CCCO[C@H]1[C@H](OC)C=C2C=C3C(=C(C)C(=O)N3C)C[C@]2(C)[C@H]1C. The van der Waals surface area contributed by atoms with Gasteiger partial charge in [0.15, 0.2) is 0 Å². The lowest BCUT2D eigenvalue weighted by Crippen LogP contribution is -2.49. The van der Waals surface area contributed by atoms with E-state index in [2.05, 4.69) is 32.9 Å². The van der Waals surface area contributed by atoms with Gasteiger partial charge in [-0.3, -0.25) is 4.79 Å².